The molecule has 0 saturated carbocycles. The highest BCUT2D eigenvalue weighted by atomic mass is 16.3. The third-order valence-corrected chi connectivity index (χ3v) is 12.6. The maximum Gasteiger partial charge on any atom is 0.143 e. The number of aromatic nitrogens is 1. The van der Waals surface area contributed by atoms with Crippen molar-refractivity contribution in [3.05, 3.63) is 218 Å². The largest absolute Gasteiger partial charge is 0.456 e. The van der Waals surface area contributed by atoms with E-state index in [0.29, 0.717) is 0 Å². The summed E-state index contributed by atoms with van der Waals surface area (Å²) in [7, 11) is 0. The maximum atomic E-state index is 6.81. The summed E-state index contributed by atoms with van der Waals surface area (Å²) in [4.78, 5) is 2.44. The Bertz CT molecular complexity index is 3830. The smallest absolute Gasteiger partial charge is 0.143 e. The molecule has 13 aromatic rings. The van der Waals surface area contributed by atoms with Gasteiger partial charge in [-0.25, -0.2) is 0 Å². The van der Waals surface area contributed by atoms with E-state index in [9.17, 15) is 0 Å². The molecule has 0 saturated heterocycles. The van der Waals surface area contributed by atoms with Crippen LogP contribution in [0.1, 0.15) is 0 Å². The van der Waals surface area contributed by atoms with Gasteiger partial charge < -0.3 is 18.3 Å². The molecule has 3 heterocycles. The molecule has 13 rings (SSSR count). The van der Waals surface area contributed by atoms with Gasteiger partial charge in [-0.2, -0.15) is 0 Å². The van der Waals surface area contributed by atoms with E-state index >= 15 is 0 Å². The standard InChI is InChI=1S/C58H36N2O2/c1-2-17-41-37(15-1)16-13-27-50(41)60(53-26-10-5-20-44(53)46-23-14-30-56-57(46)47-22-7-12-29-55(47)61-56)40-35-48(58-49(36-40)45-21-6-11-28-54(45)62-58)38-31-33-39(34-32-38)59-51-24-8-3-18-42(51)43-19-4-9-25-52(43)59/h1-36H. The zero-order chi connectivity index (χ0) is 40.7. The summed E-state index contributed by atoms with van der Waals surface area (Å²) in [5, 5.41) is 9.16. The fraction of sp³-hybridized carbons (Fsp3) is 0. The molecule has 10 aromatic carbocycles. The second-order valence-electron chi connectivity index (χ2n) is 16.0. The van der Waals surface area contributed by atoms with E-state index < -0.39 is 0 Å². The van der Waals surface area contributed by atoms with Gasteiger partial charge in [0.25, 0.3) is 0 Å². The number of rotatable bonds is 6. The lowest BCUT2D eigenvalue weighted by Gasteiger charge is -2.29. The molecule has 0 spiro atoms. The molecule has 0 amide bonds. The van der Waals surface area contributed by atoms with E-state index in [1.165, 1.54) is 27.2 Å². The van der Waals surface area contributed by atoms with Crippen LogP contribution in [0.15, 0.2) is 227 Å². The Morgan fingerprint density at radius 1 is 0.355 bits per heavy atom. The number of anilines is 3. The topological polar surface area (TPSA) is 34.5 Å². The van der Waals surface area contributed by atoms with Crippen molar-refractivity contribution in [1.29, 1.82) is 0 Å². The quantitative estimate of drug-likeness (QED) is 0.168. The van der Waals surface area contributed by atoms with Crippen LogP contribution in [-0.2, 0) is 0 Å². The van der Waals surface area contributed by atoms with Crippen molar-refractivity contribution >= 4 is 93.5 Å². The van der Waals surface area contributed by atoms with Crippen LogP contribution in [0.5, 0.6) is 0 Å². The molecule has 0 bridgehead atoms. The first-order chi connectivity index (χ1) is 30.8. The summed E-state index contributed by atoms with van der Waals surface area (Å²) in [5.74, 6) is 0. The van der Waals surface area contributed by atoms with Crippen molar-refractivity contribution < 1.29 is 8.83 Å². The number of nitrogens with zero attached hydrogens (tertiary/aromatic N) is 2. The molecule has 0 N–H and O–H groups in total. The normalized spacial score (nSPS) is 11.9. The highest BCUT2D eigenvalue weighted by Crippen LogP contribution is 2.49. The van der Waals surface area contributed by atoms with E-state index in [-0.39, 0.29) is 0 Å². The second-order valence-corrected chi connectivity index (χ2v) is 16.0. The third-order valence-electron chi connectivity index (χ3n) is 12.6. The van der Waals surface area contributed by atoms with E-state index in [2.05, 4.69) is 216 Å². The Morgan fingerprint density at radius 3 is 1.71 bits per heavy atom. The van der Waals surface area contributed by atoms with Crippen LogP contribution < -0.4 is 4.90 Å². The van der Waals surface area contributed by atoms with Crippen LogP contribution in [0.2, 0.25) is 0 Å². The zero-order valence-corrected chi connectivity index (χ0v) is 33.5. The fourth-order valence-corrected chi connectivity index (χ4v) is 9.85. The fourth-order valence-electron chi connectivity index (χ4n) is 9.85. The highest BCUT2D eigenvalue weighted by molar-refractivity contribution is 6.16. The predicted octanol–water partition coefficient (Wildman–Crippen LogP) is 16.5. The summed E-state index contributed by atoms with van der Waals surface area (Å²) < 4.78 is 15.6. The molecule has 0 aliphatic carbocycles. The molecular formula is C58H36N2O2. The maximum absolute atomic E-state index is 6.81. The first-order valence-electron chi connectivity index (χ1n) is 21.1. The van der Waals surface area contributed by atoms with Crippen LogP contribution in [0, 0.1) is 0 Å². The summed E-state index contributed by atoms with van der Waals surface area (Å²) in [6.07, 6.45) is 0. The Kier molecular flexibility index (Phi) is 7.57. The number of para-hydroxylation sites is 5. The molecule has 3 aromatic heterocycles. The average Bonchev–Trinajstić information content (AvgIpc) is 4.02. The molecule has 0 atom stereocenters. The second kappa shape index (κ2) is 13.6. The lowest BCUT2D eigenvalue weighted by molar-refractivity contribution is 0.669. The number of furan rings is 2. The van der Waals surface area contributed by atoms with E-state index in [1.54, 1.807) is 0 Å². The van der Waals surface area contributed by atoms with Crippen LogP contribution in [0.4, 0.5) is 17.1 Å². The highest BCUT2D eigenvalue weighted by Gasteiger charge is 2.24. The Labute approximate surface area is 356 Å². The van der Waals surface area contributed by atoms with Gasteiger partial charge in [-0.3, -0.25) is 0 Å². The van der Waals surface area contributed by atoms with Crippen molar-refractivity contribution in [2.45, 2.75) is 0 Å². The van der Waals surface area contributed by atoms with Crippen molar-refractivity contribution in [1.82, 2.24) is 4.57 Å². The van der Waals surface area contributed by atoms with Gasteiger partial charge in [-0.1, -0.05) is 152 Å². The lowest BCUT2D eigenvalue weighted by atomic mass is 9.95. The van der Waals surface area contributed by atoms with Gasteiger partial charge in [0.15, 0.2) is 0 Å². The summed E-state index contributed by atoms with van der Waals surface area (Å²) in [5.41, 5.74) is 14.4. The summed E-state index contributed by atoms with van der Waals surface area (Å²) in [6, 6.07) is 78.0. The minimum Gasteiger partial charge on any atom is -0.456 e. The van der Waals surface area contributed by atoms with Gasteiger partial charge in [-0.05, 0) is 83.2 Å². The molecule has 4 heteroatoms. The number of hydrogen-bond acceptors (Lipinski definition) is 3. The Balaban J connectivity index is 1.07. The van der Waals surface area contributed by atoms with Crippen molar-refractivity contribution in [2.24, 2.45) is 0 Å². The molecule has 0 aliphatic heterocycles. The monoisotopic (exact) mass is 792 g/mol. The molecule has 62 heavy (non-hydrogen) atoms. The van der Waals surface area contributed by atoms with E-state index in [0.717, 1.165) is 94.3 Å². The summed E-state index contributed by atoms with van der Waals surface area (Å²) >= 11 is 0. The van der Waals surface area contributed by atoms with Crippen LogP contribution >= 0.6 is 0 Å². The minimum absolute atomic E-state index is 0.860. The first kappa shape index (κ1) is 34.5. The third kappa shape index (κ3) is 5.20. The predicted molar refractivity (Wildman–Crippen MR) is 258 cm³/mol. The summed E-state index contributed by atoms with van der Waals surface area (Å²) in [6.45, 7) is 0. The van der Waals surface area contributed by atoms with Gasteiger partial charge in [0, 0.05) is 60.2 Å². The zero-order valence-electron chi connectivity index (χ0n) is 33.5. The van der Waals surface area contributed by atoms with E-state index in [1.807, 2.05) is 12.1 Å². The van der Waals surface area contributed by atoms with Crippen LogP contribution in [0.25, 0.3) is 104 Å². The minimum atomic E-state index is 0.860. The number of hydrogen-bond donors (Lipinski definition) is 0. The average molecular weight is 793 g/mol. The molecule has 0 fully saturated rings. The molecule has 290 valence electrons. The van der Waals surface area contributed by atoms with Gasteiger partial charge >= 0.3 is 0 Å². The van der Waals surface area contributed by atoms with E-state index in [4.69, 9.17) is 8.83 Å². The van der Waals surface area contributed by atoms with Gasteiger partial charge in [-0.15, -0.1) is 0 Å². The van der Waals surface area contributed by atoms with Crippen LogP contribution in [-0.4, -0.2) is 4.57 Å². The molecule has 4 nitrogen and oxygen atoms in total. The number of benzene rings is 10. The van der Waals surface area contributed by atoms with Crippen molar-refractivity contribution in [2.75, 3.05) is 4.90 Å². The van der Waals surface area contributed by atoms with Crippen molar-refractivity contribution in [3.63, 3.8) is 0 Å². The van der Waals surface area contributed by atoms with Gasteiger partial charge in [0.05, 0.1) is 22.4 Å². The molecule has 0 unspecified atom stereocenters. The Morgan fingerprint density at radius 2 is 0.919 bits per heavy atom. The lowest BCUT2D eigenvalue weighted by Crippen LogP contribution is -2.12. The molecular weight excluding hydrogens is 757 g/mol. The van der Waals surface area contributed by atoms with Gasteiger partial charge in [0.2, 0.25) is 0 Å². The molecule has 0 aliphatic rings. The number of fused-ring (bicyclic) bond motifs is 10. The Hall–Kier alpha value is -8.34. The SMILES string of the molecule is c1ccc(N(c2cc(-c3ccc(-n4c5ccccc5c5ccccc54)cc3)c3oc4ccccc4c3c2)c2cccc3ccccc23)c(-c2cccc3oc4ccccc4c23)c1. The first-order valence-corrected chi connectivity index (χ1v) is 21.1. The van der Waals surface area contributed by atoms with Crippen LogP contribution in [0.3, 0.4) is 0 Å². The van der Waals surface area contributed by atoms with Crippen molar-refractivity contribution in [3.8, 4) is 27.9 Å². The molecule has 0 radical (unpaired) electrons. The van der Waals surface area contributed by atoms with Gasteiger partial charge in [0.1, 0.15) is 22.3 Å².